The van der Waals surface area contributed by atoms with Gasteiger partial charge in [-0.3, -0.25) is 4.79 Å². The van der Waals surface area contributed by atoms with Gasteiger partial charge in [0.2, 0.25) is 5.91 Å². The highest BCUT2D eigenvalue weighted by atomic mass is 127. The number of likely N-dealkylation sites (N-methyl/N-ethyl adjacent to an activating group) is 1. The van der Waals surface area contributed by atoms with Gasteiger partial charge in [0.15, 0.2) is 5.96 Å². The van der Waals surface area contributed by atoms with Crippen molar-refractivity contribution in [1.82, 2.24) is 20.1 Å². The molecule has 0 unspecified atom stereocenters. The molecule has 1 amide bonds. The summed E-state index contributed by atoms with van der Waals surface area (Å²) in [5, 5.41) is 6.24. The zero-order valence-corrected chi connectivity index (χ0v) is 20.6. The lowest BCUT2D eigenvalue weighted by Gasteiger charge is -2.22. The van der Waals surface area contributed by atoms with E-state index in [-0.39, 0.29) is 36.4 Å². The SMILES string of the molecule is Cc1nc(CN(C)C(=NCc2ccc(Br)cc2)NCC(=O)N(C)C)cs1.I. The third-order valence-corrected chi connectivity index (χ3v) is 5.00. The predicted molar refractivity (Wildman–Crippen MR) is 126 cm³/mol. The third kappa shape index (κ3) is 8.14. The third-order valence-electron chi connectivity index (χ3n) is 3.65. The average Bonchev–Trinajstić information content (AvgIpc) is 3.00. The first-order valence-electron chi connectivity index (χ1n) is 8.20. The summed E-state index contributed by atoms with van der Waals surface area (Å²) in [6.07, 6.45) is 0. The second-order valence-corrected chi connectivity index (χ2v) is 8.10. The molecular formula is C18H25BrIN5OS. The van der Waals surface area contributed by atoms with Gasteiger partial charge in [-0.05, 0) is 24.6 Å². The quantitative estimate of drug-likeness (QED) is 0.331. The Morgan fingerprint density at radius 1 is 1.26 bits per heavy atom. The average molecular weight is 566 g/mol. The predicted octanol–water partition coefficient (Wildman–Crippen LogP) is 3.50. The molecule has 0 fully saturated rings. The second-order valence-electron chi connectivity index (χ2n) is 6.12. The van der Waals surface area contributed by atoms with Gasteiger partial charge < -0.3 is 15.1 Å². The Bertz CT molecular complexity index is 763. The molecule has 0 radical (unpaired) electrons. The zero-order chi connectivity index (χ0) is 19.1. The van der Waals surface area contributed by atoms with E-state index < -0.39 is 0 Å². The highest BCUT2D eigenvalue weighted by Gasteiger charge is 2.12. The Labute approximate surface area is 190 Å². The molecule has 0 aliphatic carbocycles. The lowest BCUT2D eigenvalue weighted by molar-refractivity contribution is -0.127. The van der Waals surface area contributed by atoms with Crippen LogP contribution < -0.4 is 5.32 Å². The van der Waals surface area contributed by atoms with E-state index in [1.807, 2.05) is 48.5 Å². The molecule has 0 saturated carbocycles. The van der Waals surface area contributed by atoms with Crippen LogP contribution in [0.2, 0.25) is 0 Å². The van der Waals surface area contributed by atoms with Crippen molar-refractivity contribution in [3.05, 3.63) is 50.4 Å². The van der Waals surface area contributed by atoms with Crippen LogP contribution in [-0.4, -0.2) is 54.3 Å². The van der Waals surface area contributed by atoms with Crippen LogP contribution in [0.1, 0.15) is 16.3 Å². The number of rotatable bonds is 6. The number of aromatic nitrogens is 1. The van der Waals surface area contributed by atoms with Crippen LogP contribution in [0.25, 0.3) is 0 Å². The Morgan fingerprint density at radius 3 is 2.48 bits per heavy atom. The van der Waals surface area contributed by atoms with Gasteiger partial charge in [0.25, 0.3) is 0 Å². The summed E-state index contributed by atoms with van der Waals surface area (Å²) < 4.78 is 1.04. The molecule has 1 N–H and O–H groups in total. The summed E-state index contributed by atoms with van der Waals surface area (Å²) in [6.45, 7) is 3.36. The van der Waals surface area contributed by atoms with Gasteiger partial charge in [-0.1, -0.05) is 28.1 Å². The van der Waals surface area contributed by atoms with E-state index in [4.69, 9.17) is 0 Å². The first-order valence-corrected chi connectivity index (χ1v) is 9.87. The highest BCUT2D eigenvalue weighted by Crippen LogP contribution is 2.12. The molecular weight excluding hydrogens is 541 g/mol. The van der Waals surface area contributed by atoms with Gasteiger partial charge >= 0.3 is 0 Å². The minimum absolute atomic E-state index is 0. The van der Waals surface area contributed by atoms with Crippen molar-refractivity contribution in [1.29, 1.82) is 0 Å². The van der Waals surface area contributed by atoms with Crippen molar-refractivity contribution in [3.63, 3.8) is 0 Å². The van der Waals surface area contributed by atoms with Crippen molar-refractivity contribution in [2.24, 2.45) is 4.99 Å². The fourth-order valence-electron chi connectivity index (χ4n) is 2.18. The highest BCUT2D eigenvalue weighted by molar-refractivity contribution is 14.0. The van der Waals surface area contributed by atoms with Gasteiger partial charge in [-0.25, -0.2) is 9.98 Å². The van der Waals surface area contributed by atoms with Gasteiger partial charge in [0.05, 0.1) is 30.3 Å². The lowest BCUT2D eigenvalue weighted by atomic mass is 10.2. The van der Waals surface area contributed by atoms with E-state index in [0.29, 0.717) is 19.0 Å². The van der Waals surface area contributed by atoms with Crippen LogP contribution in [0.4, 0.5) is 0 Å². The fraction of sp³-hybridized carbons (Fsp3) is 0.389. The largest absolute Gasteiger partial charge is 0.347 e. The number of hydrogen-bond donors (Lipinski definition) is 1. The molecule has 0 saturated heterocycles. The maximum atomic E-state index is 11.9. The normalized spacial score (nSPS) is 10.9. The second kappa shape index (κ2) is 11.6. The van der Waals surface area contributed by atoms with Crippen molar-refractivity contribution in [2.45, 2.75) is 20.0 Å². The number of benzene rings is 1. The Hall–Kier alpha value is -1.20. The number of halogens is 2. The van der Waals surface area contributed by atoms with Crippen LogP contribution in [0.5, 0.6) is 0 Å². The van der Waals surface area contributed by atoms with Gasteiger partial charge in [-0.15, -0.1) is 35.3 Å². The first-order chi connectivity index (χ1) is 12.3. The fourth-order valence-corrected chi connectivity index (χ4v) is 3.05. The summed E-state index contributed by atoms with van der Waals surface area (Å²) in [4.78, 5) is 24.6. The van der Waals surface area contributed by atoms with Crippen LogP contribution in [-0.2, 0) is 17.9 Å². The summed E-state index contributed by atoms with van der Waals surface area (Å²) >= 11 is 5.07. The van der Waals surface area contributed by atoms with Gasteiger partial charge in [0.1, 0.15) is 0 Å². The van der Waals surface area contributed by atoms with E-state index >= 15 is 0 Å². The minimum Gasteiger partial charge on any atom is -0.347 e. The number of hydrogen-bond acceptors (Lipinski definition) is 4. The molecule has 0 aliphatic heterocycles. The lowest BCUT2D eigenvalue weighted by Crippen LogP contribution is -2.43. The van der Waals surface area contributed by atoms with Gasteiger partial charge in [-0.2, -0.15) is 0 Å². The topological polar surface area (TPSA) is 60.8 Å². The maximum absolute atomic E-state index is 11.9. The molecule has 27 heavy (non-hydrogen) atoms. The van der Waals surface area contributed by atoms with E-state index in [2.05, 4.69) is 31.2 Å². The van der Waals surface area contributed by atoms with E-state index in [0.717, 1.165) is 20.7 Å². The molecule has 0 aliphatic rings. The molecule has 1 aromatic heterocycles. The van der Waals surface area contributed by atoms with Crippen molar-refractivity contribution >= 4 is 63.1 Å². The number of thiazole rings is 1. The number of aliphatic imine (C=N–C) groups is 1. The first kappa shape index (κ1) is 23.8. The summed E-state index contributed by atoms with van der Waals surface area (Å²) in [5.74, 6) is 0.674. The van der Waals surface area contributed by atoms with Crippen LogP contribution in [0.3, 0.4) is 0 Å². The molecule has 0 bridgehead atoms. The maximum Gasteiger partial charge on any atom is 0.241 e. The summed E-state index contributed by atoms with van der Waals surface area (Å²) in [5.41, 5.74) is 2.09. The molecule has 0 spiro atoms. The smallest absolute Gasteiger partial charge is 0.241 e. The molecule has 2 rings (SSSR count). The number of carbonyl (C=O) groups excluding carboxylic acids is 1. The summed E-state index contributed by atoms with van der Waals surface area (Å²) in [6, 6.07) is 8.05. The zero-order valence-electron chi connectivity index (χ0n) is 15.9. The number of carbonyl (C=O) groups is 1. The Morgan fingerprint density at radius 2 is 1.93 bits per heavy atom. The summed E-state index contributed by atoms with van der Waals surface area (Å²) in [7, 11) is 5.43. The van der Waals surface area contributed by atoms with E-state index in [1.54, 1.807) is 30.3 Å². The number of guanidine groups is 1. The molecule has 6 nitrogen and oxygen atoms in total. The van der Waals surface area contributed by atoms with Crippen LogP contribution >= 0.6 is 51.2 Å². The molecule has 9 heteroatoms. The monoisotopic (exact) mass is 565 g/mol. The van der Waals surface area contributed by atoms with Crippen LogP contribution in [0.15, 0.2) is 39.1 Å². The van der Waals surface area contributed by atoms with E-state index in [9.17, 15) is 4.79 Å². The number of aryl methyl sites for hydroxylation is 1. The van der Waals surface area contributed by atoms with E-state index in [1.165, 1.54) is 0 Å². The molecule has 1 aromatic carbocycles. The van der Waals surface area contributed by atoms with Crippen LogP contribution in [0, 0.1) is 6.92 Å². The molecule has 1 heterocycles. The van der Waals surface area contributed by atoms with Crippen molar-refractivity contribution < 1.29 is 4.79 Å². The van der Waals surface area contributed by atoms with Gasteiger partial charge in [0, 0.05) is 31.0 Å². The Balaban J connectivity index is 0.00000364. The standard InChI is InChI=1S/C18H24BrN5OS.HI/c1-13-22-16(12-26-13)11-24(4)18(21-10-17(25)23(2)3)20-9-14-5-7-15(19)8-6-14;/h5-8,12H,9-11H2,1-4H3,(H,20,21);1H. The van der Waals surface area contributed by atoms with Crippen molar-refractivity contribution in [2.75, 3.05) is 27.7 Å². The molecule has 148 valence electrons. The molecule has 2 aromatic rings. The molecule has 0 atom stereocenters. The van der Waals surface area contributed by atoms with Crippen molar-refractivity contribution in [3.8, 4) is 0 Å². The minimum atomic E-state index is -0.000700. The number of nitrogens with one attached hydrogen (secondary N) is 1. The number of amides is 1. The Kier molecular flexibility index (Phi) is 10.2. The number of nitrogens with zero attached hydrogens (tertiary/aromatic N) is 4.